The lowest BCUT2D eigenvalue weighted by atomic mass is 10.2. The molecule has 0 aliphatic carbocycles. The monoisotopic (exact) mass is 287 g/mol. The van der Waals surface area contributed by atoms with Crippen LogP contribution in [0.4, 0.5) is 5.82 Å². The number of nitrogens with zero attached hydrogens (tertiary/aromatic N) is 4. The van der Waals surface area contributed by atoms with Gasteiger partial charge in [-0.25, -0.2) is 9.97 Å². The second kappa shape index (κ2) is 5.46. The van der Waals surface area contributed by atoms with E-state index < -0.39 is 0 Å². The number of hydrogen-bond acceptors (Lipinski definition) is 7. The van der Waals surface area contributed by atoms with Crippen LogP contribution < -0.4 is 5.32 Å². The molecule has 0 fully saturated rings. The van der Waals surface area contributed by atoms with E-state index in [0.29, 0.717) is 22.7 Å². The molecule has 0 atom stereocenters. The van der Waals surface area contributed by atoms with Crippen molar-refractivity contribution < 1.29 is 4.42 Å². The fourth-order valence-corrected chi connectivity index (χ4v) is 2.52. The molecule has 2 aromatic heterocycles. The lowest BCUT2D eigenvalue weighted by Gasteiger charge is -2.06. The van der Waals surface area contributed by atoms with Crippen LogP contribution in [0.3, 0.4) is 0 Å². The quantitative estimate of drug-likeness (QED) is 0.584. The number of anilines is 1. The predicted molar refractivity (Wildman–Crippen MR) is 77.7 cm³/mol. The van der Waals surface area contributed by atoms with E-state index in [1.165, 1.54) is 11.8 Å². The van der Waals surface area contributed by atoms with Crippen molar-refractivity contribution in [2.45, 2.75) is 17.8 Å². The van der Waals surface area contributed by atoms with Crippen LogP contribution in [-0.2, 0) is 5.75 Å². The topological polar surface area (TPSA) is 76.7 Å². The first kappa shape index (κ1) is 12.9. The van der Waals surface area contributed by atoms with E-state index in [1.807, 2.05) is 31.3 Å². The Morgan fingerprint density at radius 1 is 1.20 bits per heavy atom. The maximum Gasteiger partial charge on any atom is 0.226 e. The summed E-state index contributed by atoms with van der Waals surface area (Å²) in [4.78, 5) is 9.02. The minimum absolute atomic E-state index is 0.558. The maximum absolute atomic E-state index is 5.34. The van der Waals surface area contributed by atoms with Crippen molar-refractivity contribution in [3.05, 3.63) is 36.0 Å². The van der Waals surface area contributed by atoms with E-state index in [9.17, 15) is 0 Å². The molecule has 0 aliphatic heterocycles. The SMILES string of the molecule is CNc1nc(SCc2nnc(C)o2)nc2ccccc12. The first-order valence-electron chi connectivity index (χ1n) is 6.12. The molecule has 1 aromatic carbocycles. The molecular formula is C13H13N5OS. The molecule has 3 aromatic rings. The molecular weight excluding hydrogens is 274 g/mol. The first-order chi connectivity index (χ1) is 9.76. The second-order valence-electron chi connectivity index (χ2n) is 4.13. The molecule has 2 heterocycles. The van der Waals surface area contributed by atoms with E-state index in [2.05, 4.69) is 25.5 Å². The van der Waals surface area contributed by atoms with Crippen molar-refractivity contribution >= 4 is 28.5 Å². The van der Waals surface area contributed by atoms with Gasteiger partial charge in [0.2, 0.25) is 11.8 Å². The molecule has 0 amide bonds. The standard InChI is InChI=1S/C13H13N5OS/c1-8-17-18-11(19-8)7-20-13-15-10-6-4-3-5-9(10)12(14-2)16-13/h3-6H,7H2,1-2H3,(H,14,15,16). The zero-order valence-electron chi connectivity index (χ0n) is 11.1. The van der Waals surface area contributed by atoms with Crippen molar-refractivity contribution in [1.29, 1.82) is 0 Å². The summed E-state index contributed by atoms with van der Waals surface area (Å²) < 4.78 is 5.34. The van der Waals surface area contributed by atoms with Crippen molar-refractivity contribution in [3.63, 3.8) is 0 Å². The van der Waals surface area contributed by atoms with Gasteiger partial charge in [0.05, 0.1) is 11.3 Å². The summed E-state index contributed by atoms with van der Waals surface area (Å²) in [6.07, 6.45) is 0. The number of fused-ring (bicyclic) bond motifs is 1. The Labute approximate surface area is 120 Å². The largest absolute Gasteiger partial charge is 0.425 e. The number of aromatic nitrogens is 4. The number of hydrogen-bond donors (Lipinski definition) is 1. The van der Waals surface area contributed by atoms with Gasteiger partial charge in [0.15, 0.2) is 5.16 Å². The summed E-state index contributed by atoms with van der Waals surface area (Å²) in [5, 5.41) is 12.5. The maximum atomic E-state index is 5.34. The van der Waals surface area contributed by atoms with Crippen LogP contribution in [0.25, 0.3) is 10.9 Å². The van der Waals surface area contributed by atoms with Crippen LogP contribution >= 0.6 is 11.8 Å². The van der Waals surface area contributed by atoms with Crippen molar-refractivity contribution in [2.75, 3.05) is 12.4 Å². The van der Waals surface area contributed by atoms with Crippen molar-refractivity contribution in [1.82, 2.24) is 20.2 Å². The highest BCUT2D eigenvalue weighted by molar-refractivity contribution is 7.98. The van der Waals surface area contributed by atoms with Gasteiger partial charge in [0.1, 0.15) is 5.82 Å². The summed E-state index contributed by atoms with van der Waals surface area (Å²) in [7, 11) is 1.85. The van der Waals surface area contributed by atoms with Gasteiger partial charge in [-0.2, -0.15) is 0 Å². The minimum atomic E-state index is 0.558. The molecule has 20 heavy (non-hydrogen) atoms. The van der Waals surface area contributed by atoms with Crippen LogP contribution in [0.15, 0.2) is 33.8 Å². The van der Waals surface area contributed by atoms with E-state index in [4.69, 9.17) is 4.42 Å². The molecule has 0 saturated carbocycles. The van der Waals surface area contributed by atoms with Gasteiger partial charge in [0.25, 0.3) is 0 Å². The highest BCUT2D eigenvalue weighted by Crippen LogP contribution is 2.25. The Hall–Kier alpha value is -2.15. The number of thioether (sulfide) groups is 1. The predicted octanol–water partition coefficient (Wildman–Crippen LogP) is 2.66. The summed E-state index contributed by atoms with van der Waals surface area (Å²) >= 11 is 1.47. The van der Waals surface area contributed by atoms with E-state index >= 15 is 0 Å². The molecule has 0 aliphatic rings. The van der Waals surface area contributed by atoms with Crippen molar-refractivity contribution in [2.24, 2.45) is 0 Å². The number of benzene rings is 1. The third-order valence-electron chi connectivity index (χ3n) is 2.71. The zero-order chi connectivity index (χ0) is 13.9. The highest BCUT2D eigenvalue weighted by atomic mass is 32.2. The van der Waals surface area contributed by atoms with E-state index in [-0.39, 0.29) is 0 Å². The van der Waals surface area contributed by atoms with Gasteiger partial charge < -0.3 is 9.73 Å². The average molecular weight is 287 g/mol. The molecule has 7 heteroatoms. The molecule has 0 unspecified atom stereocenters. The molecule has 1 N–H and O–H groups in total. The van der Waals surface area contributed by atoms with Crippen LogP contribution in [-0.4, -0.2) is 27.2 Å². The lowest BCUT2D eigenvalue weighted by molar-refractivity contribution is 0.485. The number of rotatable bonds is 4. The minimum Gasteiger partial charge on any atom is -0.425 e. The van der Waals surface area contributed by atoms with Gasteiger partial charge in [-0.05, 0) is 12.1 Å². The fourth-order valence-electron chi connectivity index (χ4n) is 1.83. The summed E-state index contributed by atoms with van der Waals surface area (Å²) in [5.41, 5.74) is 0.913. The molecule has 0 bridgehead atoms. The number of nitrogens with one attached hydrogen (secondary N) is 1. The van der Waals surface area contributed by atoms with E-state index in [1.54, 1.807) is 6.92 Å². The molecule has 0 spiro atoms. The summed E-state index contributed by atoms with van der Waals surface area (Å²) in [5.74, 6) is 2.52. The molecule has 102 valence electrons. The lowest BCUT2D eigenvalue weighted by Crippen LogP contribution is -1.98. The van der Waals surface area contributed by atoms with Gasteiger partial charge >= 0.3 is 0 Å². The van der Waals surface area contributed by atoms with Gasteiger partial charge in [-0.3, -0.25) is 0 Å². The second-order valence-corrected chi connectivity index (χ2v) is 5.07. The summed E-state index contributed by atoms with van der Waals surface area (Å²) in [6, 6.07) is 7.90. The molecule has 0 saturated heterocycles. The zero-order valence-corrected chi connectivity index (χ0v) is 11.9. The number of aryl methyl sites for hydroxylation is 1. The summed E-state index contributed by atoms with van der Waals surface area (Å²) in [6.45, 7) is 1.77. The number of para-hydroxylation sites is 1. The molecule has 3 rings (SSSR count). The third-order valence-corrected chi connectivity index (χ3v) is 3.54. The third kappa shape index (κ3) is 2.57. The average Bonchev–Trinajstić information content (AvgIpc) is 2.90. The van der Waals surface area contributed by atoms with E-state index in [0.717, 1.165) is 16.7 Å². The smallest absolute Gasteiger partial charge is 0.226 e. The molecule has 6 nitrogen and oxygen atoms in total. The Bertz CT molecular complexity index is 742. The van der Waals surface area contributed by atoms with Crippen LogP contribution in [0, 0.1) is 6.92 Å². The Balaban J connectivity index is 1.88. The molecule has 0 radical (unpaired) electrons. The van der Waals surface area contributed by atoms with Crippen LogP contribution in [0.2, 0.25) is 0 Å². The van der Waals surface area contributed by atoms with Crippen molar-refractivity contribution in [3.8, 4) is 0 Å². The Morgan fingerprint density at radius 2 is 2.05 bits per heavy atom. The first-order valence-corrected chi connectivity index (χ1v) is 7.11. The fraction of sp³-hybridized carbons (Fsp3) is 0.231. The van der Waals surface area contributed by atoms with Gasteiger partial charge in [0, 0.05) is 19.4 Å². The Morgan fingerprint density at radius 3 is 2.80 bits per heavy atom. The van der Waals surface area contributed by atoms with Gasteiger partial charge in [-0.1, -0.05) is 23.9 Å². The highest BCUT2D eigenvalue weighted by Gasteiger charge is 2.09. The van der Waals surface area contributed by atoms with Crippen LogP contribution in [0.1, 0.15) is 11.8 Å². The Kier molecular flexibility index (Phi) is 3.51. The normalized spacial score (nSPS) is 10.9. The van der Waals surface area contributed by atoms with Gasteiger partial charge in [-0.15, -0.1) is 10.2 Å². The van der Waals surface area contributed by atoms with Crippen LogP contribution in [0.5, 0.6) is 0 Å².